The molecule has 18 heavy (non-hydrogen) atoms. The van der Waals surface area contributed by atoms with Gasteiger partial charge in [0.2, 0.25) is 0 Å². The van der Waals surface area contributed by atoms with Crippen molar-refractivity contribution in [1.29, 1.82) is 0 Å². The molecule has 2 nitrogen and oxygen atoms in total. The highest BCUT2D eigenvalue weighted by molar-refractivity contribution is 6.31. The van der Waals surface area contributed by atoms with E-state index in [-0.39, 0.29) is 0 Å². The van der Waals surface area contributed by atoms with Crippen molar-refractivity contribution in [2.24, 2.45) is 0 Å². The molecule has 1 fully saturated rings. The first-order chi connectivity index (χ1) is 8.61. The first-order valence-corrected chi connectivity index (χ1v) is 7.32. The summed E-state index contributed by atoms with van der Waals surface area (Å²) in [6, 6.07) is 6.47. The monoisotopic (exact) mass is 286 g/mol. The Morgan fingerprint density at radius 3 is 2.83 bits per heavy atom. The van der Waals surface area contributed by atoms with Crippen molar-refractivity contribution in [2.75, 3.05) is 31.6 Å². The maximum absolute atomic E-state index is 6.13. The largest absolute Gasteiger partial charge is 0.367 e. The van der Waals surface area contributed by atoms with Crippen LogP contribution in [0.4, 0.5) is 5.69 Å². The number of rotatable bonds is 2. The fourth-order valence-corrected chi connectivity index (χ4v) is 3.04. The third kappa shape index (κ3) is 3.11. The van der Waals surface area contributed by atoms with Gasteiger partial charge in [0.1, 0.15) is 0 Å². The van der Waals surface area contributed by atoms with Crippen LogP contribution in [-0.2, 0) is 5.88 Å². The highest BCUT2D eigenvalue weighted by atomic mass is 35.5. The van der Waals surface area contributed by atoms with Gasteiger partial charge in [-0.2, -0.15) is 0 Å². The molecule has 0 N–H and O–H groups in total. The molecule has 1 atom stereocenters. The van der Waals surface area contributed by atoms with Gasteiger partial charge in [0, 0.05) is 35.7 Å². The fourth-order valence-electron chi connectivity index (χ4n) is 2.65. The Bertz CT molecular complexity index is 409. The summed E-state index contributed by atoms with van der Waals surface area (Å²) in [6.45, 7) is 5.56. The molecule has 4 heteroatoms. The number of benzene rings is 1. The molecule has 0 radical (unpaired) electrons. The molecule has 2 rings (SSSR count). The van der Waals surface area contributed by atoms with Crippen LogP contribution >= 0.6 is 23.2 Å². The summed E-state index contributed by atoms with van der Waals surface area (Å²) >= 11 is 12.2. The molecule has 0 aromatic heterocycles. The Hall–Kier alpha value is -0.440. The topological polar surface area (TPSA) is 6.48 Å². The minimum atomic E-state index is 0.484. The Kier molecular flexibility index (Phi) is 4.77. The van der Waals surface area contributed by atoms with Gasteiger partial charge in [-0.15, -0.1) is 11.6 Å². The minimum Gasteiger partial charge on any atom is -0.367 e. The zero-order valence-corrected chi connectivity index (χ0v) is 12.5. The molecule has 1 heterocycles. The smallest absolute Gasteiger partial charge is 0.0494 e. The molecule has 1 aromatic rings. The predicted octanol–water partition coefficient (Wildman–Crippen LogP) is 3.61. The van der Waals surface area contributed by atoms with Gasteiger partial charge < -0.3 is 9.80 Å². The Morgan fingerprint density at radius 1 is 1.33 bits per heavy atom. The average molecular weight is 287 g/mol. The van der Waals surface area contributed by atoms with E-state index in [1.54, 1.807) is 0 Å². The van der Waals surface area contributed by atoms with Crippen LogP contribution < -0.4 is 4.90 Å². The lowest BCUT2D eigenvalue weighted by Gasteiger charge is -2.31. The van der Waals surface area contributed by atoms with E-state index in [1.165, 1.54) is 12.1 Å². The fraction of sp³-hybridized carbons (Fsp3) is 0.571. The zero-order chi connectivity index (χ0) is 13.1. The van der Waals surface area contributed by atoms with Gasteiger partial charge in [-0.05, 0) is 44.6 Å². The van der Waals surface area contributed by atoms with Crippen LogP contribution in [-0.4, -0.2) is 37.6 Å². The van der Waals surface area contributed by atoms with E-state index in [9.17, 15) is 0 Å². The molecule has 1 unspecified atom stereocenters. The number of hydrogen-bond acceptors (Lipinski definition) is 2. The summed E-state index contributed by atoms with van der Waals surface area (Å²) < 4.78 is 0. The number of halogens is 2. The van der Waals surface area contributed by atoms with Crippen molar-refractivity contribution < 1.29 is 0 Å². The van der Waals surface area contributed by atoms with Gasteiger partial charge in [0.05, 0.1) is 0 Å². The zero-order valence-electron chi connectivity index (χ0n) is 11.0. The first kappa shape index (κ1) is 14.0. The van der Waals surface area contributed by atoms with Crippen LogP contribution in [0.25, 0.3) is 0 Å². The summed E-state index contributed by atoms with van der Waals surface area (Å²) in [4.78, 5) is 4.82. The van der Waals surface area contributed by atoms with E-state index < -0.39 is 0 Å². The lowest BCUT2D eigenvalue weighted by Crippen LogP contribution is -2.38. The average Bonchev–Trinajstić information content (AvgIpc) is 2.50. The summed E-state index contributed by atoms with van der Waals surface area (Å²) in [7, 11) is 2.18. The van der Waals surface area contributed by atoms with Crippen molar-refractivity contribution >= 4 is 28.9 Å². The SMILES string of the molecule is CC1CN(C)CCCN1c1cc(Cl)ccc1CCl. The van der Waals surface area contributed by atoms with Crippen molar-refractivity contribution in [3.8, 4) is 0 Å². The molecule has 0 aliphatic carbocycles. The van der Waals surface area contributed by atoms with Gasteiger partial charge in [0.25, 0.3) is 0 Å². The Labute approximate surface area is 119 Å². The molecule has 1 aliphatic heterocycles. The van der Waals surface area contributed by atoms with Crippen molar-refractivity contribution in [2.45, 2.75) is 25.3 Å². The lowest BCUT2D eigenvalue weighted by molar-refractivity contribution is 0.337. The van der Waals surface area contributed by atoms with Gasteiger partial charge in [-0.25, -0.2) is 0 Å². The number of nitrogens with zero attached hydrogens (tertiary/aromatic N) is 2. The Morgan fingerprint density at radius 2 is 2.11 bits per heavy atom. The van der Waals surface area contributed by atoms with E-state index in [4.69, 9.17) is 23.2 Å². The standard InChI is InChI=1S/C14H20Cl2N2/c1-11-10-17(2)6-3-7-18(11)14-8-13(16)5-4-12(14)9-15/h4-5,8,11H,3,6-7,9-10H2,1-2H3. The second-order valence-corrected chi connectivity index (χ2v) is 5.77. The molecule has 1 saturated heterocycles. The van der Waals surface area contributed by atoms with Gasteiger partial charge in [-0.3, -0.25) is 0 Å². The quantitative estimate of drug-likeness (QED) is 0.767. The third-order valence-corrected chi connectivity index (χ3v) is 4.07. The lowest BCUT2D eigenvalue weighted by atomic mass is 10.1. The third-order valence-electron chi connectivity index (χ3n) is 3.55. The van der Waals surface area contributed by atoms with E-state index in [0.717, 1.165) is 30.2 Å². The summed E-state index contributed by atoms with van der Waals surface area (Å²) in [5.41, 5.74) is 2.36. The molecule has 0 spiro atoms. The van der Waals surface area contributed by atoms with Crippen LogP contribution in [0.2, 0.25) is 5.02 Å². The molecule has 1 aromatic carbocycles. The molecule has 0 saturated carbocycles. The number of alkyl halides is 1. The van der Waals surface area contributed by atoms with Crippen LogP contribution in [0, 0.1) is 0 Å². The highest BCUT2D eigenvalue weighted by Gasteiger charge is 2.21. The maximum atomic E-state index is 6.13. The minimum absolute atomic E-state index is 0.484. The Balaban J connectivity index is 2.31. The molecule has 0 bridgehead atoms. The van der Waals surface area contributed by atoms with Crippen LogP contribution in [0.3, 0.4) is 0 Å². The van der Waals surface area contributed by atoms with Crippen molar-refractivity contribution in [3.63, 3.8) is 0 Å². The van der Waals surface area contributed by atoms with Crippen molar-refractivity contribution in [3.05, 3.63) is 28.8 Å². The van der Waals surface area contributed by atoms with Gasteiger partial charge in [-0.1, -0.05) is 17.7 Å². The summed E-state index contributed by atoms with van der Waals surface area (Å²) in [5, 5.41) is 0.781. The highest BCUT2D eigenvalue weighted by Crippen LogP contribution is 2.29. The summed E-state index contributed by atoms with van der Waals surface area (Å²) in [6.07, 6.45) is 1.18. The second kappa shape index (κ2) is 6.14. The summed E-state index contributed by atoms with van der Waals surface area (Å²) in [5.74, 6) is 0.533. The van der Waals surface area contributed by atoms with Crippen LogP contribution in [0.1, 0.15) is 18.9 Å². The normalized spacial score (nSPS) is 22.0. The maximum Gasteiger partial charge on any atom is 0.0494 e. The number of hydrogen-bond donors (Lipinski definition) is 0. The van der Waals surface area contributed by atoms with Crippen LogP contribution in [0.5, 0.6) is 0 Å². The van der Waals surface area contributed by atoms with Gasteiger partial charge >= 0.3 is 0 Å². The molecule has 100 valence electrons. The van der Waals surface area contributed by atoms with E-state index in [1.807, 2.05) is 18.2 Å². The molecule has 1 aliphatic rings. The van der Waals surface area contributed by atoms with Crippen LogP contribution in [0.15, 0.2) is 18.2 Å². The molecular weight excluding hydrogens is 267 g/mol. The first-order valence-electron chi connectivity index (χ1n) is 6.41. The second-order valence-electron chi connectivity index (χ2n) is 5.06. The van der Waals surface area contributed by atoms with E-state index in [2.05, 4.69) is 23.8 Å². The number of likely N-dealkylation sites (N-methyl/N-ethyl adjacent to an activating group) is 1. The molecule has 0 amide bonds. The van der Waals surface area contributed by atoms with E-state index >= 15 is 0 Å². The van der Waals surface area contributed by atoms with Crippen molar-refractivity contribution in [1.82, 2.24) is 4.90 Å². The predicted molar refractivity (Wildman–Crippen MR) is 79.9 cm³/mol. The molecular formula is C14H20Cl2N2. The van der Waals surface area contributed by atoms with E-state index in [0.29, 0.717) is 11.9 Å². The van der Waals surface area contributed by atoms with Gasteiger partial charge in [0.15, 0.2) is 0 Å². The number of anilines is 1.